The van der Waals surface area contributed by atoms with Crippen LogP contribution in [0.25, 0.3) is 0 Å². The van der Waals surface area contributed by atoms with Crippen LogP contribution < -0.4 is 5.32 Å². The molecule has 21 heavy (non-hydrogen) atoms. The molecule has 2 amide bonds. The number of aromatic nitrogens is 1. The van der Waals surface area contributed by atoms with Crippen molar-refractivity contribution in [2.24, 2.45) is 0 Å². The summed E-state index contributed by atoms with van der Waals surface area (Å²) in [4.78, 5) is 28.8. The van der Waals surface area contributed by atoms with E-state index in [1.54, 1.807) is 12.4 Å². The number of nitrogens with one attached hydrogen (secondary N) is 1. The fraction of sp³-hybridized carbons (Fsp3) is 0.533. The molecule has 1 aliphatic carbocycles. The van der Waals surface area contributed by atoms with Crippen LogP contribution in [-0.2, 0) is 4.79 Å². The van der Waals surface area contributed by atoms with Gasteiger partial charge in [0.1, 0.15) is 6.54 Å². The highest BCUT2D eigenvalue weighted by Gasteiger charge is 2.29. The Morgan fingerprint density at radius 3 is 2.76 bits per heavy atom. The zero-order valence-electron chi connectivity index (χ0n) is 12.2. The maximum Gasteiger partial charge on any atom is 0.323 e. The quantitative estimate of drug-likeness (QED) is 0.871. The van der Waals surface area contributed by atoms with Gasteiger partial charge in [-0.05, 0) is 31.4 Å². The van der Waals surface area contributed by atoms with E-state index in [9.17, 15) is 9.59 Å². The number of carbonyl (C=O) groups excluding carboxylic acids is 1. The molecule has 6 nitrogen and oxygen atoms in total. The lowest BCUT2D eigenvalue weighted by Crippen LogP contribution is -2.48. The number of pyridine rings is 1. The van der Waals surface area contributed by atoms with E-state index in [1.807, 2.05) is 19.1 Å². The van der Waals surface area contributed by atoms with Gasteiger partial charge in [0.05, 0.1) is 6.04 Å². The van der Waals surface area contributed by atoms with Gasteiger partial charge in [-0.15, -0.1) is 0 Å². The molecule has 0 saturated heterocycles. The van der Waals surface area contributed by atoms with Gasteiger partial charge in [0.2, 0.25) is 0 Å². The first-order valence-electron chi connectivity index (χ1n) is 7.27. The van der Waals surface area contributed by atoms with Crippen LogP contribution >= 0.6 is 0 Å². The molecular formula is C15H21N3O3. The standard InChI is InChI=1S/C15H21N3O3/c1-11(12-5-4-8-16-9-12)17-15(21)18(10-14(19)20)13-6-2-3-7-13/h4-5,8-9,11,13H,2-3,6-7,10H2,1H3,(H,17,21)(H,19,20). The van der Waals surface area contributed by atoms with E-state index in [0.717, 1.165) is 31.2 Å². The molecule has 1 aromatic rings. The highest BCUT2D eigenvalue weighted by Crippen LogP contribution is 2.24. The normalized spacial score (nSPS) is 16.4. The van der Waals surface area contributed by atoms with Crippen molar-refractivity contribution in [1.82, 2.24) is 15.2 Å². The minimum Gasteiger partial charge on any atom is -0.480 e. The largest absolute Gasteiger partial charge is 0.480 e. The second-order valence-electron chi connectivity index (χ2n) is 5.42. The Balaban J connectivity index is 2.02. The highest BCUT2D eigenvalue weighted by molar-refractivity contribution is 5.80. The molecule has 1 aliphatic rings. The van der Waals surface area contributed by atoms with Gasteiger partial charge in [-0.2, -0.15) is 0 Å². The van der Waals surface area contributed by atoms with E-state index in [4.69, 9.17) is 5.11 Å². The fourth-order valence-electron chi connectivity index (χ4n) is 2.71. The number of carboxylic acid groups (broad SMARTS) is 1. The molecule has 1 atom stereocenters. The first-order valence-corrected chi connectivity index (χ1v) is 7.27. The maximum atomic E-state index is 12.4. The van der Waals surface area contributed by atoms with E-state index in [0.29, 0.717) is 0 Å². The first kappa shape index (κ1) is 15.3. The van der Waals surface area contributed by atoms with E-state index < -0.39 is 5.97 Å². The lowest BCUT2D eigenvalue weighted by atomic mass is 10.1. The Bertz CT molecular complexity index is 486. The van der Waals surface area contributed by atoms with Crippen LogP contribution in [0.5, 0.6) is 0 Å². The Hall–Kier alpha value is -2.11. The number of urea groups is 1. The lowest BCUT2D eigenvalue weighted by molar-refractivity contribution is -0.138. The summed E-state index contributed by atoms with van der Waals surface area (Å²) in [7, 11) is 0. The Kier molecular flexibility index (Phi) is 5.14. The van der Waals surface area contributed by atoms with Gasteiger partial charge in [-0.3, -0.25) is 9.78 Å². The van der Waals surface area contributed by atoms with E-state index in [2.05, 4.69) is 10.3 Å². The summed E-state index contributed by atoms with van der Waals surface area (Å²) in [6.07, 6.45) is 7.22. The summed E-state index contributed by atoms with van der Waals surface area (Å²) >= 11 is 0. The van der Waals surface area contributed by atoms with Gasteiger partial charge in [-0.25, -0.2) is 4.79 Å². The molecule has 6 heteroatoms. The molecular weight excluding hydrogens is 270 g/mol. The lowest BCUT2D eigenvalue weighted by Gasteiger charge is -2.29. The molecule has 0 radical (unpaired) electrons. The summed E-state index contributed by atoms with van der Waals surface area (Å²) in [5, 5.41) is 11.9. The van der Waals surface area contributed by atoms with Crippen molar-refractivity contribution < 1.29 is 14.7 Å². The topological polar surface area (TPSA) is 82.5 Å². The monoisotopic (exact) mass is 291 g/mol. The molecule has 1 unspecified atom stereocenters. The molecule has 2 rings (SSSR count). The van der Waals surface area contributed by atoms with Crippen LogP contribution in [0.2, 0.25) is 0 Å². The SMILES string of the molecule is CC(NC(=O)N(CC(=O)O)C1CCCC1)c1cccnc1. The van der Waals surface area contributed by atoms with Gasteiger partial charge in [0.25, 0.3) is 0 Å². The van der Waals surface area contributed by atoms with Gasteiger partial charge < -0.3 is 15.3 Å². The van der Waals surface area contributed by atoms with Crippen molar-refractivity contribution in [3.05, 3.63) is 30.1 Å². The number of rotatable bonds is 5. The second kappa shape index (κ2) is 7.06. The Morgan fingerprint density at radius 1 is 1.48 bits per heavy atom. The molecule has 1 fully saturated rings. The van der Waals surface area contributed by atoms with Crippen LogP contribution in [0.3, 0.4) is 0 Å². The van der Waals surface area contributed by atoms with Crippen molar-refractivity contribution >= 4 is 12.0 Å². The molecule has 0 aromatic carbocycles. The molecule has 0 spiro atoms. The molecule has 0 bridgehead atoms. The first-order chi connectivity index (χ1) is 10.1. The number of carbonyl (C=O) groups is 2. The minimum absolute atomic E-state index is 0.0298. The van der Waals surface area contributed by atoms with E-state index in [-0.39, 0.29) is 24.7 Å². The number of carboxylic acids is 1. The van der Waals surface area contributed by atoms with Gasteiger partial charge >= 0.3 is 12.0 Å². The number of hydrogen-bond acceptors (Lipinski definition) is 3. The average molecular weight is 291 g/mol. The number of aliphatic carboxylic acids is 1. The molecule has 114 valence electrons. The number of amides is 2. The van der Waals surface area contributed by atoms with Crippen LogP contribution in [0.15, 0.2) is 24.5 Å². The average Bonchev–Trinajstić information content (AvgIpc) is 2.99. The predicted molar refractivity (Wildman–Crippen MR) is 77.8 cm³/mol. The number of nitrogens with zero attached hydrogens (tertiary/aromatic N) is 2. The second-order valence-corrected chi connectivity index (χ2v) is 5.42. The molecule has 0 aliphatic heterocycles. The summed E-state index contributed by atoms with van der Waals surface area (Å²) in [6, 6.07) is 3.20. The van der Waals surface area contributed by atoms with Gasteiger partial charge in [0, 0.05) is 18.4 Å². The van der Waals surface area contributed by atoms with Crippen LogP contribution in [0.1, 0.15) is 44.2 Å². The third-order valence-electron chi connectivity index (χ3n) is 3.86. The molecule has 1 heterocycles. The van der Waals surface area contributed by atoms with Crippen LogP contribution in [0, 0.1) is 0 Å². The summed E-state index contributed by atoms with van der Waals surface area (Å²) in [6.45, 7) is 1.61. The van der Waals surface area contributed by atoms with Crippen LogP contribution in [-0.4, -0.2) is 39.6 Å². The fourth-order valence-corrected chi connectivity index (χ4v) is 2.71. The number of hydrogen-bond donors (Lipinski definition) is 2. The van der Waals surface area contributed by atoms with Crippen molar-refractivity contribution in [2.45, 2.75) is 44.7 Å². The third kappa shape index (κ3) is 4.18. The minimum atomic E-state index is -0.980. The summed E-state index contributed by atoms with van der Waals surface area (Å²) < 4.78 is 0. The van der Waals surface area contributed by atoms with E-state index >= 15 is 0 Å². The van der Waals surface area contributed by atoms with Crippen LogP contribution in [0.4, 0.5) is 4.79 Å². The summed E-state index contributed by atoms with van der Waals surface area (Å²) in [5.41, 5.74) is 0.896. The van der Waals surface area contributed by atoms with Gasteiger partial charge in [0.15, 0.2) is 0 Å². The van der Waals surface area contributed by atoms with Crippen molar-refractivity contribution in [1.29, 1.82) is 0 Å². The zero-order valence-corrected chi connectivity index (χ0v) is 12.2. The van der Waals surface area contributed by atoms with Crippen molar-refractivity contribution in [2.75, 3.05) is 6.54 Å². The summed E-state index contributed by atoms with van der Waals surface area (Å²) in [5.74, 6) is -0.980. The Morgan fingerprint density at radius 2 is 2.19 bits per heavy atom. The maximum absolute atomic E-state index is 12.4. The molecule has 1 saturated carbocycles. The third-order valence-corrected chi connectivity index (χ3v) is 3.86. The smallest absolute Gasteiger partial charge is 0.323 e. The highest BCUT2D eigenvalue weighted by atomic mass is 16.4. The Labute approximate surface area is 124 Å². The van der Waals surface area contributed by atoms with Gasteiger partial charge in [-0.1, -0.05) is 18.9 Å². The molecule has 2 N–H and O–H groups in total. The van der Waals surface area contributed by atoms with Crippen molar-refractivity contribution in [3.8, 4) is 0 Å². The zero-order chi connectivity index (χ0) is 15.2. The van der Waals surface area contributed by atoms with Crippen molar-refractivity contribution in [3.63, 3.8) is 0 Å². The predicted octanol–water partition coefficient (Wildman–Crippen LogP) is 2.18. The van der Waals surface area contributed by atoms with E-state index in [1.165, 1.54) is 4.90 Å². The molecule has 1 aromatic heterocycles.